The minimum Gasteiger partial charge on any atom is -0.478 e. The lowest BCUT2D eigenvalue weighted by Gasteiger charge is -2.38. The zero-order chi connectivity index (χ0) is 18.2. The van der Waals surface area contributed by atoms with Gasteiger partial charge in [0.25, 0.3) is 0 Å². The number of anilines is 1. The summed E-state index contributed by atoms with van der Waals surface area (Å²) in [6.07, 6.45) is 4.92. The fraction of sp³-hybridized carbons (Fsp3) is 0.421. The number of nitrogens with one attached hydrogen (secondary N) is 1. The molecule has 1 aromatic carbocycles. The molecule has 0 radical (unpaired) electrons. The lowest BCUT2D eigenvalue weighted by molar-refractivity contribution is -0.130. The maximum atomic E-state index is 11.3. The zero-order valence-electron chi connectivity index (χ0n) is 14.8. The van der Waals surface area contributed by atoms with Crippen LogP contribution in [0.25, 0.3) is 5.57 Å². The summed E-state index contributed by atoms with van der Waals surface area (Å²) in [7, 11) is 3.92. The summed E-state index contributed by atoms with van der Waals surface area (Å²) in [6.45, 7) is 8.44. The smallest absolute Gasteiger partial charge is 0.335 e. The minimum atomic E-state index is -1.02. The Kier molecular flexibility index (Phi) is 4.69. The Labute approximate surface area is 148 Å². The third-order valence-electron chi connectivity index (χ3n) is 5.01. The van der Waals surface area contributed by atoms with Crippen molar-refractivity contribution in [2.75, 3.05) is 25.7 Å². The van der Waals surface area contributed by atoms with E-state index in [4.69, 9.17) is 4.74 Å². The highest BCUT2D eigenvalue weighted by Gasteiger charge is 2.45. The summed E-state index contributed by atoms with van der Waals surface area (Å²) in [6, 6.07) is 5.60. The maximum absolute atomic E-state index is 11.3. The number of hydrogen-bond donors (Lipinski definition) is 2. The van der Waals surface area contributed by atoms with E-state index in [-0.39, 0.29) is 11.8 Å². The van der Waals surface area contributed by atoms with Gasteiger partial charge in [-0.25, -0.2) is 10.2 Å². The molecular formula is C19H25N3O3. The van der Waals surface area contributed by atoms with Crippen molar-refractivity contribution in [3.05, 3.63) is 48.6 Å². The summed E-state index contributed by atoms with van der Waals surface area (Å²) >= 11 is 0. The molecule has 2 aliphatic rings. The SMILES string of the molecule is C=CC1(N(C)C)NN(C2CCCCO2)c2ccc(C(=C)C(=O)O)cc21. The van der Waals surface area contributed by atoms with Crippen LogP contribution in [0.2, 0.25) is 0 Å². The maximum Gasteiger partial charge on any atom is 0.335 e. The summed E-state index contributed by atoms with van der Waals surface area (Å²) in [4.78, 5) is 13.3. The molecule has 2 heterocycles. The van der Waals surface area contributed by atoms with Crippen LogP contribution in [-0.4, -0.2) is 42.9 Å². The number of carbonyl (C=O) groups is 1. The normalized spacial score (nSPS) is 25.7. The molecule has 134 valence electrons. The number of hydrogen-bond acceptors (Lipinski definition) is 5. The molecule has 6 heteroatoms. The lowest BCUT2D eigenvalue weighted by atomic mass is 9.94. The van der Waals surface area contributed by atoms with Crippen LogP contribution >= 0.6 is 0 Å². The second kappa shape index (κ2) is 6.63. The van der Waals surface area contributed by atoms with Crippen molar-refractivity contribution in [1.29, 1.82) is 0 Å². The topological polar surface area (TPSA) is 65.0 Å². The third kappa shape index (κ3) is 2.86. The van der Waals surface area contributed by atoms with Crippen LogP contribution in [0.3, 0.4) is 0 Å². The first-order valence-corrected chi connectivity index (χ1v) is 8.47. The number of hydrazine groups is 1. The van der Waals surface area contributed by atoms with E-state index in [1.54, 1.807) is 6.07 Å². The Morgan fingerprint density at radius 1 is 1.48 bits per heavy atom. The highest BCUT2D eigenvalue weighted by Crippen LogP contribution is 2.42. The Hall–Kier alpha value is -2.15. The zero-order valence-corrected chi connectivity index (χ0v) is 14.8. The van der Waals surface area contributed by atoms with Gasteiger partial charge in [-0.15, -0.1) is 0 Å². The molecule has 1 saturated heterocycles. The monoisotopic (exact) mass is 343 g/mol. The van der Waals surface area contributed by atoms with Crippen LogP contribution in [0.5, 0.6) is 0 Å². The highest BCUT2D eigenvalue weighted by atomic mass is 16.5. The predicted molar refractivity (Wildman–Crippen MR) is 97.9 cm³/mol. The molecule has 6 nitrogen and oxygen atoms in total. The van der Waals surface area contributed by atoms with E-state index in [1.165, 1.54) is 0 Å². The summed E-state index contributed by atoms with van der Waals surface area (Å²) in [5.41, 5.74) is 5.48. The van der Waals surface area contributed by atoms with Gasteiger partial charge in [-0.1, -0.05) is 25.3 Å². The Morgan fingerprint density at radius 2 is 2.24 bits per heavy atom. The first-order valence-electron chi connectivity index (χ1n) is 8.47. The second-order valence-electron chi connectivity index (χ2n) is 6.68. The Balaban J connectivity index is 2.09. The Morgan fingerprint density at radius 3 is 2.80 bits per heavy atom. The average Bonchev–Trinajstić information content (AvgIpc) is 2.96. The molecule has 0 bridgehead atoms. The summed E-state index contributed by atoms with van der Waals surface area (Å²) in [5.74, 6) is -1.02. The van der Waals surface area contributed by atoms with Crippen LogP contribution in [0.1, 0.15) is 30.4 Å². The van der Waals surface area contributed by atoms with Gasteiger partial charge >= 0.3 is 5.97 Å². The molecule has 2 atom stereocenters. The molecule has 2 N–H and O–H groups in total. The van der Waals surface area contributed by atoms with Crippen molar-refractivity contribution in [3.63, 3.8) is 0 Å². The van der Waals surface area contributed by atoms with Crippen LogP contribution in [0, 0.1) is 0 Å². The standard InChI is InChI=1S/C19H25N3O3/c1-5-19(21(3)4)15-12-14(13(2)18(23)24)9-10-16(15)22(20-19)17-8-6-7-11-25-17/h5,9-10,12,17,20H,1-2,6-8,11H2,3-4H3,(H,23,24). The summed E-state index contributed by atoms with van der Waals surface area (Å²) < 4.78 is 5.95. The second-order valence-corrected chi connectivity index (χ2v) is 6.68. The summed E-state index contributed by atoms with van der Waals surface area (Å²) in [5, 5.41) is 11.3. The first kappa shape index (κ1) is 17.7. The number of likely N-dealkylation sites (N-methyl/N-ethyl adjacent to an activating group) is 1. The number of nitrogens with zero attached hydrogens (tertiary/aromatic N) is 2. The van der Waals surface area contributed by atoms with Crippen molar-refractivity contribution in [3.8, 4) is 0 Å². The van der Waals surface area contributed by atoms with Gasteiger partial charge in [0, 0.05) is 12.2 Å². The molecule has 0 spiro atoms. The number of benzene rings is 1. The quantitative estimate of drug-likeness (QED) is 0.633. The van der Waals surface area contributed by atoms with Gasteiger partial charge in [0.1, 0.15) is 11.9 Å². The number of aliphatic carboxylic acids is 1. The van der Waals surface area contributed by atoms with Gasteiger partial charge in [0.2, 0.25) is 0 Å². The fourth-order valence-electron chi connectivity index (χ4n) is 3.50. The molecule has 25 heavy (non-hydrogen) atoms. The van der Waals surface area contributed by atoms with E-state index < -0.39 is 11.6 Å². The first-order chi connectivity index (χ1) is 11.9. The number of carboxylic acids is 1. The molecule has 1 fully saturated rings. The number of fused-ring (bicyclic) bond motifs is 1. The molecule has 0 aromatic heterocycles. The fourth-order valence-corrected chi connectivity index (χ4v) is 3.50. The van der Waals surface area contributed by atoms with Gasteiger partial charge < -0.3 is 9.84 Å². The number of rotatable bonds is 5. The van der Waals surface area contributed by atoms with E-state index in [1.807, 2.05) is 42.2 Å². The van der Waals surface area contributed by atoms with E-state index in [2.05, 4.69) is 18.6 Å². The third-order valence-corrected chi connectivity index (χ3v) is 5.01. The number of carboxylic acid groups (broad SMARTS) is 1. The van der Waals surface area contributed by atoms with E-state index in [0.717, 1.165) is 37.1 Å². The van der Waals surface area contributed by atoms with E-state index in [9.17, 15) is 9.90 Å². The minimum absolute atomic E-state index is 0.0530. The molecule has 0 saturated carbocycles. The lowest BCUT2D eigenvalue weighted by Crippen LogP contribution is -2.56. The van der Waals surface area contributed by atoms with E-state index >= 15 is 0 Å². The van der Waals surface area contributed by atoms with Crippen molar-refractivity contribution in [2.24, 2.45) is 0 Å². The van der Waals surface area contributed by atoms with Crippen LogP contribution in [0.4, 0.5) is 5.69 Å². The van der Waals surface area contributed by atoms with Crippen molar-refractivity contribution < 1.29 is 14.6 Å². The average molecular weight is 343 g/mol. The molecule has 3 rings (SSSR count). The van der Waals surface area contributed by atoms with E-state index in [0.29, 0.717) is 5.56 Å². The van der Waals surface area contributed by atoms with Crippen molar-refractivity contribution in [2.45, 2.75) is 31.2 Å². The molecule has 2 unspecified atom stereocenters. The molecule has 0 aliphatic carbocycles. The molecule has 2 aliphatic heterocycles. The van der Waals surface area contributed by atoms with Crippen LogP contribution in [0.15, 0.2) is 37.4 Å². The molecule has 1 aromatic rings. The van der Waals surface area contributed by atoms with Gasteiger partial charge in [-0.05, 0) is 51.1 Å². The molecule has 0 amide bonds. The highest BCUT2D eigenvalue weighted by molar-refractivity contribution is 6.14. The van der Waals surface area contributed by atoms with Crippen LogP contribution in [-0.2, 0) is 15.2 Å². The van der Waals surface area contributed by atoms with Gasteiger partial charge in [-0.3, -0.25) is 9.91 Å². The van der Waals surface area contributed by atoms with Gasteiger partial charge in [0.15, 0.2) is 0 Å². The van der Waals surface area contributed by atoms with Gasteiger partial charge in [0.05, 0.1) is 11.3 Å². The van der Waals surface area contributed by atoms with Gasteiger partial charge in [-0.2, -0.15) is 0 Å². The molecular weight excluding hydrogens is 318 g/mol. The van der Waals surface area contributed by atoms with Crippen molar-refractivity contribution in [1.82, 2.24) is 10.3 Å². The largest absolute Gasteiger partial charge is 0.478 e. The Bertz CT molecular complexity index is 710. The van der Waals surface area contributed by atoms with Crippen molar-refractivity contribution >= 4 is 17.2 Å². The predicted octanol–water partition coefficient (Wildman–Crippen LogP) is 2.54. The van der Waals surface area contributed by atoms with Crippen LogP contribution < -0.4 is 10.4 Å². The number of ether oxygens (including phenoxy) is 1.